The molecule has 0 unspecified atom stereocenters. The number of aryl methyl sites for hydroxylation is 1. The van der Waals surface area contributed by atoms with Crippen molar-refractivity contribution in [3.63, 3.8) is 0 Å². The monoisotopic (exact) mass is 361 g/mol. The normalized spacial score (nSPS) is 15.3. The molecule has 23 heavy (non-hydrogen) atoms. The van der Waals surface area contributed by atoms with Crippen molar-refractivity contribution < 1.29 is 4.79 Å². The summed E-state index contributed by atoms with van der Waals surface area (Å²) >= 11 is 0. The van der Waals surface area contributed by atoms with Gasteiger partial charge in [0.25, 0.3) is 0 Å². The number of nitrogens with two attached hydrogens (primary N) is 1. The number of carbonyl (C=O) groups excluding carboxylic acids is 1. The molecular formula is C17H29Cl2N3O. The molecule has 132 valence electrons. The molecule has 0 spiro atoms. The highest BCUT2D eigenvalue weighted by Crippen LogP contribution is 2.27. The number of nitrogens with zero attached hydrogens (tertiary/aromatic N) is 1. The maximum Gasteiger partial charge on any atom is 0.240 e. The lowest BCUT2D eigenvalue weighted by atomic mass is 9.98. The summed E-state index contributed by atoms with van der Waals surface area (Å²) in [5.41, 5.74) is 8.03. The molecule has 2 rings (SSSR count). The summed E-state index contributed by atoms with van der Waals surface area (Å²) < 4.78 is 0. The van der Waals surface area contributed by atoms with Gasteiger partial charge in [-0.2, -0.15) is 0 Å². The van der Waals surface area contributed by atoms with E-state index in [1.807, 2.05) is 6.07 Å². The van der Waals surface area contributed by atoms with Crippen molar-refractivity contribution in [1.82, 2.24) is 5.32 Å². The molecule has 1 aliphatic carbocycles. The number of para-hydroxylation sites is 1. The summed E-state index contributed by atoms with van der Waals surface area (Å²) in [4.78, 5) is 14.5. The van der Waals surface area contributed by atoms with Crippen LogP contribution in [0.1, 0.15) is 38.2 Å². The highest BCUT2D eigenvalue weighted by Gasteiger charge is 2.36. The second kappa shape index (κ2) is 10.0. The predicted molar refractivity (Wildman–Crippen MR) is 102 cm³/mol. The first-order valence-corrected chi connectivity index (χ1v) is 7.94. The van der Waals surface area contributed by atoms with Gasteiger partial charge in [-0.3, -0.25) is 4.79 Å². The van der Waals surface area contributed by atoms with Crippen LogP contribution >= 0.6 is 24.8 Å². The van der Waals surface area contributed by atoms with Gasteiger partial charge in [-0.15, -0.1) is 24.8 Å². The number of carbonyl (C=O) groups is 1. The minimum Gasteiger partial charge on any atom is -0.370 e. The molecule has 1 aromatic rings. The SMILES string of the molecule is CCN(CCNC(=O)C1(N)CCCC1)c1ccccc1C.Cl.Cl. The van der Waals surface area contributed by atoms with Crippen molar-refractivity contribution in [2.24, 2.45) is 5.73 Å². The van der Waals surface area contributed by atoms with Gasteiger partial charge in [0.2, 0.25) is 5.91 Å². The molecule has 0 atom stereocenters. The van der Waals surface area contributed by atoms with E-state index in [4.69, 9.17) is 5.73 Å². The number of likely N-dealkylation sites (N-methyl/N-ethyl adjacent to an activating group) is 1. The van der Waals surface area contributed by atoms with Crippen LogP contribution in [0.25, 0.3) is 0 Å². The minimum absolute atomic E-state index is 0. The molecule has 0 aliphatic heterocycles. The van der Waals surface area contributed by atoms with E-state index in [0.717, 1.165) is 38.8 Å². The van der Waals surface area contributed by atoms with Crippen LogP contribution in [0.15, 0.2) is 24.3 Å². The van der Waals surface area contributed by atoms with Gasteiger partial charge in [-0.25, -0.2) is 0 Å². The third kappa shape index (κ3) is 5.55. The Kier molecular flexibility index (Phi) is 9.59. The van der Waals surface area contributed by atoms with Gasteiger partial charge in [0.05, 0.1) is 5.54 Å². The summed E-state index contributed by atoms with van der Waals surface area (Å²) in [6.45, 7) is 6.62. The van der Waals surface area contributed by atoms with Gasteiger partial charge in [-0.05, 0) is 38.3 Å². The molecule has 6 heteroatoms. The lowest BCUT2D eigenvalue weighted by Gasteiger charge is -2.27. The number of nitrogens with one attached hydrogen (secondary N) is 1. The summed E-state index contributed by atoms with van der Waals surface area (Å²) in [6.07, 6.45) is 3.75. The Morgan fingerprint density at radius 3 is 2.43 bits per heavy atom. The Hall–Kier alpha value is -0.970. The Labute approximate surface area is 152 Å². The number of halogens is 2. The van der Waals surface area contributed by atoms with Crippen LogP contribution in [0.2, 0.25) is 0 Å². The molecule has 1 aliphatic rings. The lowest BCUT2D eigenvalue weighted by Crippen LogP contribution is -2.53. The fraction of sp³-hybridized carbons (Fsp3) is 0.588. The highest BCUT2D eigenvalue weighted by molar-refractivity contribution is 5.86. The molecular weight excluding hydrogens is 333 g/mol. The first-order valence-electron chi connectivity index (χ1n) is 7.94. The second-order valence-corrected chi connectivity index (χ2v) is 5.99. The quantitative estimate of drug-likeness (QED) is 0.818. The average Bonchev–Trinajstić information content (AvgIpc) is 2.93. The van der Waals surface area contributed by atoms with Crippen LogP contribution in [0.3, 0.4) is 0 Å². The van der Waals surface area contributed by atoms with E-state index in [-0.39, 0.29) is 30.7 Å². The Bertz CT molecular complexity index is 490. The zero-order valence-corrected chi connectivity index (χ0v) is 15.6. The largest absolute Gasteiger partial charge is 0.370 e. The van der Waals surface area contributed by atoms with Crippen molar-refractivity contribution in [3.8, 4) is 0 Å². The molecule has 0 bridgehead atoms. The molecule has 1 fully saturated rings. The van der Waals surface area contributed by atoms with Gasteiger partial charge in [0, 0.05) is 25.3 Å². The number of amides is 1. The van der Waals surface area contributed by atoms with Crippen LogP contribution in [0.5, 0.6) is 0 Å². The van der Waals surface area contributed by atoms with Gasteiger partial charge < -0.3 is 16.0 Å². The van der Waals surface area contributed by atoms with Gasteiger partial charge in [-0.1, -0.05) is 31.0 Å². The van der Waals surface area contributed by atoms with E-state index in [9.17, 15) is 4.79 Å². The first-order chi connectivity index (χ1) is 10.1. The van der Waals surface area contributed by atoms with Crippen LogP contribution < -0.4 is 16.0 Å². The maximum atomic E-state index is 12.2. The van der Waals surface area contributed by atoms with Gasteiger partial charge in [0.15, 0.2) is 0 Å². The van der Waals surface area contributed by atoms with Crippen LogP contribution in [-0.2, 0) is 4.79 Å². The number of anilines is 1. The van der Waals surface area contributed by atoms with E-state index in [1.165, 1.54) is 11.3 Å². The van der Waals surface area contributed by atoms with E-state index >= 15 is 0 Å². The number of benzene rings is 1. The van der Waals surface area contributed by atoms with Gasteiger partial charge >= 0.3 is 0 Å². The second-order valence-electron chi connectivity index (χ2n) is 5.99. The molecule has 1 amide bonds. The summed E-state index contributed by atoms with van der Waals surface area (Å²) in [5, 5.41) is 3.01. The molecule has 0 aromatic heterocycles. The number of hydrogen-bond donors (Lipinski definition) is 2. The van der Waals surface area contributed by atoms with Crippen molar-refractivity contribution >= 4 is 36.4 Å². The third-order valence-corrected chi connectivity index (χ3v) is 4.45. The van der Waals surface area contributed by atoms with E-state index in [1.54, 1.807) is 0 Å². The standard InChI is InChI=1S/C17H27N3O.2ClH/c1-3-20(15-9-5-4-8-14(15)2)13-12-19-16(21)17(18)10-6-7-11-17;;/h4-5,8-9H,3,6-7,10-13,18H2,1-2H3,(H,19,21);2*1H. The maximum absolute atomic E-state index is 12.2. The minimum atomic E-state index is -0.625. The Balaban J connectivity index is 0.00000242. The van der Waals surface area contributed by atoms with Crippen molar-refractivity contribution in [2.45, 2.75) is 45.1 Å². The number of rotatable bonds is 6. The number of hydrogen-bond acceptors (Lipinski definition) is 3. The third-order valence-electron chi connectivity index (χ3n) is 4.45. The molecule has 0 radical (unpaired) electrons. The predicted octanol–water partition coefficient (Wildman–Crippen LogP) is 3.05. The molecule has 0 saturated heterocycles. The summed E-state index contributed by atoms with van der Waals surface area (Å²) in [6, 6.07) is 8.34. The highest BCUT2D eigenvalue weighted by atomic mass is 35.5. The molecule has 0 heterocycles. The van der Waals surface area contributed by atoms with Gasteiger partial charge in [0.1, 0.15) is 0 Å². The lowest BCUT2D eigenvalue weighted by molar-refractivity contribution is -0.126. The van der Waals surface area contributed by atoms with Crippen molar-refractivity contribution in [1.29, 1.82) is 0 Å². The topological polar surface area (TPSA) is 58.4 Å². The van der Waals surface area contributed by atoms with Crippen molar-refractivity contribution in [2.75, 3.05) is 24.5 Å². The average molecular weight is 362 g/mol. The summed E-state index contributed by atoms with van der Waals surface area (Å²) in [5.74, 6) is 0.0147. The van der Waals surface area contributed by atoms with Crippen LogP contribution in [0.4, 0.5) is 5.69 Å². The first kappa shape index (κ1) is 22.0. The smallest absolute Gasteiger partial charge is 0.240 e. The molecule has 1 saturated carbocycles. The summed E-state index contributed by atoms with van der Waals surface area (Å²) in [7, 11) is 0. The fourth-order valence-corrected chi connectivity index (χ4v) is 3.08. The zero-order chi connectivity index (χ0) is 15.3. The fourth-order valence-electron chi connectivity index (χ4n) is 3.08. The van der Waals surface area contributed by atoms with Crippen molar-refractivity contribution in [3.05, 3.63) is 29.8 Å². The Morgan fingerprint density at radius 2 is 1.87 bits per heavy atom. The zero-order valence-electron chi connectivity index (χ0n) is 14.0. The van der Waals surface area contributed by atoms with Crippen LogP contribution in [-0.4, -0.2) is 31.1 Å². The van der Waals surface area contributed by atoms with E-state index in [0.29, 0.717) is 6.54 Å². The molecule has 3 N–H and O–H groups in total. The Morgan fingerprint density at radius 1 is 1.26 bits per heavy atom. The van der Waals surface area contributed by atoms with Crippen LogP contribution in [0, 0.1) is 6.92 Å². The molecule has 4 nitrogen and oxygen atoms in total. The molecule has 1 aromatic carbocycles. The van der Waals surface area contributed by atoms with E-state index in [2.05, 4.69) is 42.3 Å². The van der Waals surface area contributed by atoms with E-state index < -0.39 is 5.54 Å².